The standard InChI is InChI=1S/C8H17N3S/c1-11-7-3-2-6(10)4-8(7)12-5-9/h6,11H,2-5,9-10H2,1H3. The first-order chi connectivity index (χ1) is 5.77. The van der Waals surface area contributed by atoms with E-state index < -0.39 is 0 Å². The van der Waals surface area contributed by atoms with Gasteiger partial charge in [0, 0.05) is 29.6 Å². The van der Waals surface area contributed by atoms with Crippen LogP contribution in [0.5, 0.6) is 0 Å². The molecule has 1 aliphatic rings. The summed E-state index contributed by atoms with van der Waals surface area (Å²) in [4.78, 5) is 1.35. The van der Waals surface area contributed by atoms with Gasteiger partial charge in [0.2, 0.25) is 0 Å². The fraction of sp³-hybridized carbons (Fsp3) is 0.750. The number of rotatable bonds is 3. The van der Waals surface area contributed by atoms with E-state index >= 15 is 0 Å². The molecule has 0 saturated heterocycles. The average molecular weight is 187 g/mol. The van der Waals surface area contributed by atoms with Gasteiger partial charge < -0.3 is 16.8 Å². The molecule has 3 nitrogen and oxygen atoms in total. The van der Waals surface area contributed by atoms with E-state index in [0.717, 1.165) is 19.3 Å². The monoisotopic (exact) mass is 187 g/mol. The van der Waals surface area contributed by atoms with Crippen molar-refractivity contribution in [1.29, 1.82) is 0 Å². The topological polar surface area (TPSA) is 64.1 Å². The summed E-state index contributed by atoms with van der Waals surface area (Å²) in [6.07, 6.45) is 3.14. The number of thioether (sulfide) groups is 1. The van der Waals surface area contributed by atoms with Crippen molar-refractivity contribution in [2.75, 3.05) is 12.9 Å². The van der Waals surface area contributed by atoms with Crippen molar-refractivity contribution in [3.63, 3.8) is 0 Å². The maximum atomic E-state index is 5.86. The zero-order chi connectivity index (χ0) is 8.97. The minimum absolute atomic E-state index is 0.330. The van der Waals surface area contributed by atoms with Gasteiger partial charge in [-0.3, -0.25) is 0 Å². The summed E-state index contributed by atoms with van der Waals surface area (Å²) >= 11 is 1.70. The third kappa shape index (κ3) is 2.40. The van der Waals surface area contributed by atoms with Crippen molar-refractivity contribution in [2.24, 2.45) is 11.5 Å². The highest BCUT2D eigenvalue weighted by Crippen LogP contribution is 2.29. The molecule has 0 heterocycles. The summed E-state index contributed by atoms with van der Waals surface area (Å²) < 4.78 is 0. The van der Waals surface area contributed by atoms with Gasteiger partial charge in [0.25, 0.3) is 0 Å². The van der Waals surface area contributed by atoms with E-state index in [1.165, 1.54) is 10.6 Å². The number of nitrogens with one attached hydrogen (secondary N) is 1. The second kappa shape index (κ2) is 4.74. The molecule has 5 N–H and O–H groups in total. The summed E-state index contributed by atoms with van der Waals surface area (Å²) in [5.41, 5.74) is 12.7. The molecule has 1 unspecified atom stereocenters. The maximum absolute atomic E-state index is 5.86. The first-order valence-corrected chi connectivity index (χ1v) is 5.24. The molecule has 0 aromatic carbocycles. The van der Waals surface area contributed by atoms with Gasteiger partial charge in [0.15, 0.2) is 0 Å². The van der Waals surface area contributed by atoms with Gasteiger partial charge in [-0.15, -0.1) is 11.8 Å². The SMILES string of the molecule is CNC1=C(SCN)CC(N)CC1. The molecule has 0 aromatic rings. The third-order valence-corrected chi connectivity index (χ3v) is 3.04. The Morgan fingerprint density at radius 1 is 1.67 bits per heavy atom. The van der Waals surface area contributed by atoms with Gasteiger partial charge in [0.1, 0.15) is 0 Å². The quantitative estimate of drug-likeness (QED) is 0.565. The highest BCUT2D eigenvalue weighted by atomic mass is 32.2. The fourth-order valence-electron chi connectivity index (χ4n) is 1.44. The molecule has 4 heteroatoms. The van der Waals surface area contributed by atoms with Crippen molar-refractivity contribution < 1.29 is 0 Å². The first kappa shape index (κ1) is 9.89. The molecule has 0 aromatic heterocycles. The van der Waals surface area contributed by atoms with E-state index in [9.17, 15) is 0 Å². The molecule has 0 saturated carbocycles. The summed E-state index contributed by atoms with van der Waals surface area (Å²) in [6.45, 7) is 0. The number of hydrogen-bond donors (Lipinski definition) is 3. The summed E-state index contributed by atoms with van der Waals surface area (Å²) in [7, 11) is 1.96. The Hall–Kier alpha value is -0.190. The summed E-state index contributed by atoms with van der Waals surface area (Å²) in [5.74, 6) is 0.646. The van der Waals surface area contributed by atoms with Gasteiger partial charge >= 0.3 is 0 Å². The van der Waals surface area contributed by atoms with Crippen molar-refractivity contribution in [2.45, 2.75) is 25.3 Å². The molecule has 0 fully saturated rings. The fourth-order valence-corrected chi connectivity index (χ4v) is 2.36. The van der Waals surface area contributed by atoms with Crippen LogP contribution >= 0.6 is 11.8 Å². The Morgan fingerprint density at radius 3 is 3.00 bits per heavy atom. The number of hydrogen-bond acceptors (Lipinski definition) is 4. The molecule has 12 heavy (non-hydrogen) atoms. The molecular formula is C8H17N3S. The molecule has 0 spiro atoms. The van der Waals surface area contributed by atoms with E-state index in [2.05, 4.69) is 5.32 Å². The second-order valence-corrected chi connectivity index (χ2v) is 4.08. The van der Waals surface area contributed by atoms with E-state index in [1.54, 1.807) is 11.8 Å². The predicted molar refractivity (Wildman–Crippen MR) is 54.6 cm³/mol. The molecule has 0 bridgehead atoms. The normalized spacial score (nSPS) is 24.4. The zero-order valence-corrected chi connectivity index (χ0v) is 8.29. The van der Waals surface area contributed by atoms with Crippen LogP contribution in [0, 0.1) is 0 Å². The van der Waals surface area contributed by atoms with Crippen molar-refractivity contribution in [3.8, 4) is 0 Å². The lowest BCUT2D eigenvalue weighted by atomic mass is 10.00. The Bertz CT molecular complexity index is 179. The van der Waals surface area contributed by atoms with Crippen molar-refractivity contribution in [3.05, 3.63) is 10.6 Å². The molecular weight excluding hydrogens is 170 g/mol. The van der Waals surface area contributed by atoms with Crippen LogP contribution < -0.4 is 16.8 Å². The lowest BCUT2D eigenvalue weighted by molar-refractivity contribution is 0.567. The molecule has 0 amide bonds. The Morgan fingerprint density at radius 2 is 2.42 bits per heavy atom. The van der Waals surface area contributed by atoms with E-state index in [0.29, 0.717) is 11.9 Å². The van der Waals surface area contributed by atoms with Crippen LogP contribution in [0.1, 0.15) is 19.3 Å². The minimum Gasteiger partial charge on any atom is -0.391 e. The Labute approximate surface area is 78.0 Å². The van der Waals surface area contributed by atoms with Crippen LogP contribution in [-0.2, 0) is 0 Å². The summed E-state index contributed by atoms with van der Waals surface area (Å²) in [6, 6.07) is 0.330. The van der Waals surface area contributed by atoms with E-state index in [-0.39, 0.29) is 0 Å². The van der Waals surface area contributed by atoms with Gasteiger partial charge in [-0.05, 0) is 19.3 Å². The van der Waals surface area contributed by atoms with Crippen LogP contribution in [0.15, 0.2) is 10.6 Å². The Kier molecular flexibility index (Phi) is 3.91. The minimum atomic E-state index is 0.330. The number of allylic oxidation sites excluding steroid dienone is 1. The van der Waals surface area contributed by atoms with Crippen LogP contribution in [0.2, 0.25) is 0 Å². The van der Waals surface area contributed by atoms with Gasteiger partial charge in [-0.2, -0.15) is 0 Å². The van der Waals surface area contributed by atoms with Gasteiger partial charge in [0.05, 0.1) is 0 Å². The average Bonchev–Trinajstić information content (AvgIpc) is 2.05. The van der Waals surface area contributed by atoms with Crippen molar-refractivity contribution in [1.82, 2.24) is 5.32 Å². The number of nitrogens with two attached hydrogens (primary N) is 2. The van der Waals surface area contributed by atoms with Crippen LogP contribution in [0.4, 0.5) is 0 Å². The van der Waals surface area contributed by atoms with Crippen LogP contribution in [0.3, 0.4) is 0 Å². The highest BCUT2D eigenvalue weighted by Gasteiger charge is 2.17. The molecule has 70 valence electrons. The van der Waals surface area contributed by atoms with Gasteiger partial charge in [-0.1, -0.05) is 0 Å². The second-order valence-electron chi connectivity index (χ2n) is 2.97. The highest BCUT2D eigenvalue weighted by molar-refractivity contribution is 8.03. The molecule has 0 aliphatic heterocycles. The zero-order valence-electron chi connectivity index (χ0n) is 7.47. The maximum Gasteiger partial charge on any atom is 0.0438 e. The lowest BCUT2D eigenvalue weighted by Gasteiger charge is -2.23. The lowest BCUT2D eigenvalue weighted by Crippen LogP contribution is -2.27. The summed E-state index contributed by atoms with van der Waals surface area (Å²) in [5, 5.41) is 3.21. The predicted octanol–water partition coefficient (Wildman–Crippen LogP) is 0.578. The van der Waals surface area contributed by atoms with Crippen molar-refractivity contribution >= 4 is 11.8 Å². The smallest absolute Gasteiger partial charge is 0.0438 e. The third-order valence-electron chi connectivity index (χ3n) is 2.11. The van der Waals surface area contributed by atoms with Crippen LogP contribution in [-0.4, -0.2) is 19.0 Å². The van der Waals surface area contributed by atoms with E-state index in [4.69, 9.17) is 11.5 Å². The molecule has 1 aliphatic carbocycles. The first-order valence-electron chi connectivity index (χ1n) is 4.26. The largest absolute Gasteiger partial charge is 0.391 e. The molecule has 1 rings (SSSR count). The Balaban J connectivity index is 2.63. The van der Waals surface area contributed by atoms with Crippen LogP contribution in [0.25, 0.3) is 0 Å². The van der Waals surface area contributed by atoms with Gasteiger partial charge in [-0.25, -0.2) is 0 Å². The van der Waals surface area contributed by atoms with E-state index in [1.807, 2.05) is 7.05 Å². The molecule has 0 radical (unpaired) electrons. The molecule has 1 atom stereocenters.